The second-order valence-corrected chi connectivity index (χ2v) is 4.02. The van der Waals surface area contributed by atoms with Crippen LogP contribution in [0.2, 0.25) is 0 Å². The van der Waals surface area contributed by atoms with E-state index in [-0.39, 0.29) is 5.92 Å². The summed E-state index contributed by atoms with van der Waals surface area (Å²) in [4.78, 5) is 10.7. The SMILES string of the molecule is CC(Cc1ccnn1C1CNC1)C(=O)O. The van der Waals surface area contributed by atoms with E-state index in [1.807, 2.05) is 10.7 Å². The minimum atomic E-state index is -0.755. The second kappa shape index (κ2) is 4.02. The molecular formula is C10H15N3O2. The molecule has 15 heavy (non-hydrogen) atoms. The maximum absolute atomic E-state index is 10.7. The third-order valence-electron chi connectivity index (χ3n) is 2.79. The molecule has 5 heteroatoms. The van der Waals surface area contributed by atoms with Crippen molar-refractivity contribution >= 4 is 5.97 Å². The molecule has 1 fully saturated rings. The van der Waals surface area contributed by atoms with Gasteiger partial charge < -0.3 is 10.4 Å². The summed E-state index contributed by atoms with van der Waals surface area (Å²) in [5, 5.41) is 16.2. The minimum Gasteiger partial charge on any atom is -0.481 e. The monoisotopic (exact) mass is 209 g/mol. The highest BCUT2D eigenvalue weighted by molar-refractivity contribution is 5.69. The summed E-state index contributed by atoms with van der Waals surface area (Å²) >= 11 is 0. The zero-order valence-electron chi connectivity index (χ0n) is 8.68. The fraction of sp³-hybridized carbons (Fsp3) is 0.600. The molecule has 1 saturated heterocycles. The number of nitrogens with one attached hydrogen (secondary N) is 1. The van der Waals surface area contributed by atoms with Crippen LogP contribution in [-0.4, -0.2) is 33.9 Å². The van der Waals surface area contributed by atoms with Crippen molar-refractivity contribution in [3.63, 3.8) is 0 Å². The highest BCUT2D eigenvalue weighted by Gasteiger charge is 2.23. The van der Waals surface area contributed by atoms with E-state index in [0.29, 0.717) is 12.5 Å². The number of nitrogens with zero attached hydrogens (tertiary/aromatic N) is 2. The molecular weight excluding hydrogens is 194 g/mol. The molecule has 0 spiro atoms. The van der Waals surface area contributed by atoms with Gasteiger partial charge in [0, 0.05) is 31.4 Å². The summed E-state index contributed by atoms with van der Waals surface area (Å²) in [6, 6.07) is 2.30. The first-order chi connectivity index (χ1) is 7.18. The van der Waals surface area contributed by atoms with E-state index in [2.05, 4.69) is 10.4 Å². The van der Waals surface area contributed by atoms with Crippen molar-refractivity contribution < 1.29 is 9.90 Å². The molecule has 1 aliphatic heterocycles. The van der Waals surface area contributed by atoms with Gasteiger partial charge in [-0.05, 0) is 6.07 Å². The number of aliphatic carboxylic acids is 1. The van der Waals surface area contributed by atoms with Crippen LogP contribution in [0.4, 0.5) is 0 Å². The van der Waals surface area contributed by atoms with Gasteiger partial charge in [-0.25, -0.2) is 0 Å². The summed E-state index contributed by atoms with van der Waals surface area (Å²) < 4.78 is 1.94. The Morgan fingerprint density at radius 1 is 1.80 bits per heavy atom. The van der Waals surface area contributed by atoms with E-state index in [4.69, 9.17) is 5.11 Å². The van der Waals surface area contributed by atoms with Crippen LogP contribution in [0.5, 0.6) is 0 Å². The fourth-order valence-electron chi connectivity index (χ4n) is 1.68. The Bertz CT molecular complexity index is 357. The number of aromatic nitrogens is 2. The number of carboxylic acids is 1. The van der Waals surface area contributed by atoms with Crippen LogP contribution < -0.4 is 5.32 Å². The summed E-state index contributed by atoms with van der Waals surface area (Å²) in [6.07, 6.45) is 2.29. The number of carbonyl (C=O) groups is 1. The van der Waals surface area contributed by atoms with Gasteiger partial charge >= 0.3 is 5.97 Å². The quantitative estimate of drug-likeness (QED) is 0.748. The Hall–Kier alpha value is -1.36. The maximum Gasteiger partial charge on any atom is 0.306 e. The molecule has 0 amide bonds. The Morgan fingerprint density at radius 2 is 2.53 bits per heavy atom. The molecule has 1 aromatic heterocycles. The molecule has 5 nitrogen and oxygen atoms in total. The molecule has 0 bridgehead atoms. The first-order valence-electron chi connectivity index (χ1n) is 5.14. The lowest BCUT2D eigenvalue weighted by atomic mass is 10.1. The third kappa shape index (κ3) is 2.02. The van der Waals surface area contributed by atoms with Crippen molar-refractivity contribution in [1.29, 1.82) is 0 Å². The summed E-state index contributed by atoms with van der Waals surface area (Å²) in [7, 11) is 0. The molecule has 2 heterocycles. The normalized spacial score (nSPS) is 18.5. The third-order valence-corrected chi connectivity index (χ3v) is 2.79. The summed E-state index contributed by atoms with van der Waals surface area (Å²) in [5.74, 6) is -1.11. The molecule has 0 aliphatic carbocycles. The van der Waals surface area contributed by atoms with E-state index >= 15 is 0 Å². The standard InChI is InChI=1S/C10H15N3O2/c1-7(10(14)15)4-8-2-3-12-13(8)9-5-11-6-9/h2-3,7,9,11H,4-6H2,1H3,(H,14,15). The smallest absolute Gasteiger partial charge is 0.306 e. The molecule has 1 aliphatic rings. The molecule has 1 aromatic rings. The van der Waals surface area contributed by atoms with Crippen LogP contribution >= 0.6 is 0 Å². The predicted octanol–water partition coefficient (Wildman–Crippen LogP) is 0.291. The number of hydrogen-bond acceptors (Lipinski definition) is 3. The van der Waals surface area contributed by atoms with Crippen molar-refractivity contribution in [2.24, 2.45) is 5.92 Å². The van der Waals surface area contributed by atoms with E-state index in [1.165, 1.54) is 0 Å². The van der Waals surface area contributed by atoms with E-state index in [1.54, 1.807) is 13.1 Å². The van der Waals surface area contributed by atoms with Gasteiger partial charge in [0.05, 0.1) is 12.0 Å². The van der Waals surface area contributed by atoms with Crippen molar-refractivity contribution in [1.82, 2.24) is 15.1 Å². The number of carboxylic acid groups (broad SMARTS) is 1. The number of hydrogen-bond donors (Lipinski definition) is 2. The average Bonchev–Trinajstić information content (AvgIpc) is 2.50. The van der Waals surface area contributed by atoms with Gasteiger partial charge in [-0.15, -0.1) is 0 Å². The Labute approximate surface area is 88.1 Å². The Balaban J connectivity index is 2.07. The highest BCUT2D eigenvalue weighted by atomic mass is 16.4. The minimum absolute atomic E-state index is 0.353. The fourth-order valence-corrected chi connectivity index (χ4v) is 1.68. The summed E-state index contributed by atoms with van der Waals surface area (Å²) in [5.41, 5.74) is 1.01. The predicted molar refractivity (Wildman–Crippen MR) is 54.6 cm³/mol. The van der Waals surface area contributed by atoms with Gasteiger partial charge in [-0.3, -0.25) is 9.48 Å². The van der Waals surface area contributed by atoms with Gasteiger partial charge in [0.15, 0.2) is 0 Å². The van der Waals surface area contributed by atoms with Gasteiger partial charge in [0.2, 0.25) is 0 Å². The Morgan fingerprint density at radius 3 is 3.07 bits per heavy atom. The highest BCUT2D eigenvalue weighted by Crippen LogP contribution is 2.16. The van der Waals surface area contributed by atoms with E-state index in [0.717, 1.165) is 18.8 Å². The van der Waals surface area contributed by atoms with E-state index < -0.39 is 5.97 Å². The molecule has 2 rings (SSSR count). The lowest BCUT2D eigenvalue weighted by molar-refractivity contribution is -0.141. The van der Waals surface area contributed by atoms with Crippen molar-refractivity contribution in [3.05, 3.63) is 18.0 Å². The molecule has 0 aromatic carbocycles. The van der Waals surface area contributed by atoms with Gasteiger partial charge in [0.25, 0.3) is 0 Å². The Kier molecular flexibility index (Phi) is 2.73. The van der Waals surface area contributed by atoms with Gasteiger partial charge in [-0.2, -0.15) is 5.10 Å². The largest absolute Gasteiger partial charge is 0.481 e. The van der Waals surface area contributed by atoms with Crippen LogP contribution in [-0.2, 0) is 11.2 Å². The lowest BCUT2D eigenvalue weighted by Gasteiger charge is -2.29. The molecule has 0 radical (unpaired) electrons. The zero-order valence-corrected chi connectivity index (χ0v) is 8.68. The van der Waals surface area contributed by atoms with E-state index in [9.17, 15) is 4.79 Å². The van der Waals surface area contributed by atoms with Crippen molar-refractivity contribution in [2.45, 2.75) is 19.4 Å². The lowest BCUT2D eigenvalue weighted by Crippen LogP contribution is -2.44. The second-order valence-electron chi connectivity index (χ2n) is 4.02. The number of rotatable bonds is 4. The topological polar surface area (TPSA) is 67.2 Å². The van der Waals surface area contributed by atoms with Crippen LogP contribution in [0.25, 0.3) is 0 Å². The van der Waals surface area contributed by atoms with Crippen LogP contribution in [0, 0.1) is 5.92 Å². The molecule has 1 unspecified atom stereocenters. The molecule has 0 saturated carbocycles. The zero-order chi connectivity index (χ0) is 10.8. The maximum atomic E-state index is 10.7. The van der Waals surface area contributed by atoms with Crippen molar-refractivity contribution in [3.8, 4) is 0 Å². The molecule has 2 N–H and O–H groups in total. The van der Waals surface area contributed by atoms with Gasteiger partial charge in [-0.1, -0.05) is 6.92 Å². The van der Waals surface area contributed by atoms with Crippen LogP contribution in [0.15, 0.2) is 12.3 Å². The average molecular weight is 209 g/mol. The first-order valence-corrected chi connectivity index (χ1v) is 5.14. The molecule has 82 valence electrons. The summed E-state index contributed by atoms with van der Waals surface area (Å²) in [6.45, 7) is 3.57. The molecule has 1 atom stereocenters. The van der Waals surface area contributed by atoms with Crippen molar-refractivity contribution in [2.75, 3.05) is 13.1 Å². The van der Waals surface area contributed by atoms with Crippen LogP contribution in [0.3, 0.4) is 0 Å². The first kappa shape index (κ1) is 10.2. The van der Waals surface area contributed by atoms with Crippen LogP contribution in [0.1, 0.15) is 18.7 Å². The van der Waals surface area contributed by atoms with Gasteiger partial charge in [0.1, 0.15) is 0 Å².